The van der Waals surface area contributed by atoms with Gasteiger partial charge in [-0.2, -0.15) is 10.2 Å². The minimum atomic E-state index is -3.58. The van der Waals surface area contributed by atoms with Gasteiger partial charge >= 0.3 is 0 Å². The largest absolute Gasteiger partial charge is 0.355 e. The summed E-state index contributed by atoms with van der Waals surface area (Å²) in [6.07, 6.45) is 2.51. The minimum absolute atomic E-state index is 0.0441. The zero-order chi connectivity index (χ0) is 12.5. The highest BCUT2D eigenvalue weighted by Gasteiger charge is 2.25. The summed E-state index contributed by atoms with van der Waals surface area (Å²) in [5, 5.41) is 10.1. The molecule has 0 saturated carbocycles. The van der Waals surface area contributed by atoms with Crippen LogP contribution in [-0.2, 0) is 10.0 Å². The lowest BCUT2D eigenvalue weighted by molar-refractivity contribution is 0.585. The van der Waals surface area contributed by atoms with Gasteiger partial charge in [0.15, 0.2) is 0 Å². The highest BCUT2D eigenvalue weighted by atomic mass is 32.2. The molecule has 0 saturated heterocycles. The summed E-state index contributed by atoms with van der Waals surface area (Å²) >= 11 is 0. The summed E-state index contributed by atoms with van der Waals surface area (Å²) < 4.78 is 26.0. The number of nitrogens with zero attached hydrogens (tertiary/aromatic N) is 3. The number of nitrogens with one attached hydrogen (secondary N) is 2. The van der Waals surface area contributed by atoms with Crippen LogP contribution in [0.4, 0.5) is 5.69 Å². The number of sulfonamides is 1. The summed E-state index contributed by atoms with van der Waals surface area (Å²) in [6, 6.07) is 0. The first kappa shape index (κ1) is 11.8. The number of hydrogen-bond donors (Lipinski definition) is 2. The van der Waals surface area contributed by atoms with Crippen molar-refractivity contribution < 1.29 is 8.42 Å². The van der Waals surface area contributed by atoms with Crippen LogP contribution in [0.5, 0.6) is 0 Å². The normalized spacial score (nSPS) is 17.0. The molecule has 7 nitrogen and oxygen atoms in total. The second-order valence-corrected chi connectivity index (χ2v) is 5.73. The second kappa shape index (κ2) is 4.28. The molecule has 2 N–H and O–H groups in total. The van der Waals surface area contributed by atoms with Crippen LogP contribution in [0, 0.1) is 5.92 Å². The molecule has 0 aromatic carbocycles. The van der Waals surface area contributed by atoms with E-state index in [1.165, 1.54) is 12.4 Å². The molecule has 0 aliphatic carbocycles. The fourth-order valence-corrected chi connectivity index (χ4v) is 2.34. The maximum atomic E-state index is 11.8. The number of aliphatic imine (C=N–C) groups is 1. The Morgan fingerprint density at radius 2 is 2.06 bits per heavy atom. The molecule has 1 aromatic heterocycles. The smallest absolute Gasteiger partial charge is 0.267 e. The van der Waals surface area contributed by atoms with Crippen molar-refractivity contribution in [2.24, 2.45) is 10.9 Å². The van der Waals surface area contributed by atoms with Gasteiger partial charge in [-0.25, -0.2) is 18.1 Å². The fraction of sp³-hybridized carbons (Fsp3) is 0.444. The van der Waals surface area contributed by atoms with Crippen LogP contribution in [0.2, 0.25) is 0 Å². The number of guanidine groups is 1. The lowest BCUT2D eigenvalue weighted by Crippen LogP contribution is -2.43. The van der Waals surface area contributed by atoms with Gasteiger partial charge in [0.2, 0.25) is 5.96 Å². The number of hydrogen-bond acceptors (Lipinski definition) is 6. The summed E-state index contributed by atoms with van der Waals surface area (Å²) in [7, 11) is -3.58. The average molecular weight is 255 g/mol. The Kier molecular flexibility index (Phi) is 2.97. The van der Waals surface area contributed by atoms with Gasteiger partial charge in [-0.1, -0.05) is 13.8 Å². The van der Waals surface area contributed by atoms with Gasteiger partial charge in [0.05, 0.1) is 12.4 Å². The van der Waals surface area contributed by atoms with Gasteiger partial charge < -0.3 is 5.32 Å². The van der Waals surface area contributed by atoms with E-state index in [1.54, 1.807) is 0 Å². The third-order valence-electron chi connectivity index (χ3n) is 2.10. The maximum absolute atomic E-state index is 11.8. The molecular formula is C9H13N5O2S. The van der Waals surface area contributed by atoms with Gasteiger partial charge in [0.25, 0.3) is 10.0 Å². The first-order valence-electron chi connectivity index (χ1n) is 5.15. The summed E-state index contributed by atoms with van der Waals surface area (Å²) in [5.74, 6) is 0.610. The van der Waals surface area contributed by atoms with Crippen LogP contribution in [-0.4, -0.2) is 31.1 Å². The van der Waals surface area contributed by atoms with E-state index in [9.17, 15) is 8.42 Å². The molecule has 1 aliphatic heterocycles. The molecule has 0 amide bonds. The van der Waals surface area contributed by atoms with Crippen molar-refractivity contribution in [1.29, 1.82) is 0 Å². The summed E-state index contributed by atoms with van der Waals surface area (Å²) in [5.41, 5.74) is 0.296. The number of aromatic nitrogens is 2. The van der Waals surface area contributed by atoms with Crippen LogP contribution in [0.15, 0.2) is 22.3 Å². The van der Waals surface area contributed by atoms with Crippen molar-refractivity contribution in [3.05, 3.63) is 12.4 Å². The molecule has 1 aromatic rings. The van der Waals surface area contributed by atoms with Crippen LogP contribution in [0.25, 0.3) is 0 Å². The summed E-state index contributed by atoms with van der Waals surface area (Å²) in [6.45, 7) is 4.67. The predicted molar refractivity (Wildman–Crippen MR) is 62.3 cm³/mol. The summed E-state index contributed by atoms with van der Waals surface area (Å²) in [4.78, 5) is 4.17. The Morgan fingerprint density at radius 1 is 1.35 bits per heavy atom. The van der Waals surface area contributed by atoms with Crippen LogP contribution in [0.3, 0.4) is 0 Å². The maximum Gasteiger partial charge on any atom is 0.267 e. The van der Waals surface area contributed by atoms with E-state index < -0.39 is 10.0 Å². The Hall–Kier alpha value is -1.70. The number of rotatable bonds is 2. The standard InChI is InChI=1S/C9H13N5O2S/c1-6(2)3-10-9-13-7-4-11-12-5-8(7)17(15,16)14-9/h4-6H,3H2,1-2H3,(H2,10,13,14). The molecule has 2 rings (SSSR count). The third-order valence-corrected chi connectivity index (χ3v) is 3.46. The van der Waals surface area contributed by atoms with Gasteiger partial charge in [-0.3, -0.25) is 0 Å². The van der Waals surface area contributed by atoms with Gasteiger partial charge in [0, 0.05) is 6.54 Å². The zero-order valence-electron chi connectivity index (χ0n) is 9.51. The van der Waals surface area contributed by atoms with E-state index in [0.29, 0.717) is 18.2 Å². The van der Waals surface area contributed by atoms with Crippen molar-refractivity contribution in [3.8, 4) is 0 Å². The van der Waals surface area contributed by atoms with Gasteiger partial charge in [0.1, 0.15) is 10.6 Å². The first-order chi connectivity index (χ1) is 7.99. The molecule has 17 heavy (non-hydrogen) atoms. The molecule has 0 unspecified atom stereocenters. The van der Waals surface area contributed by atoms with E-state index in [1.807, 2.05) is 13.8 Å². The van der Waals surface area contributed by atoms with E-state index in [0.717, 1.165) is 0 Å². The van der Waals surface area contributed by atoms with Crippen LogP contribution >= 0.6 is 0 Å². The zero-order valence-corrected chi connectivity index (χ0v) is 10.3. The third kappa shape index (κ3) is 2.52. The van der Waals surface area contributed by atoms with Crippen LogP contribution in [0.1, 0.15) is 13.8 Å². The SMILES string of the molecule is CC(C)CNC1=Nc2cnncc2S(=O)(=O)N1. The van der Waals surface area contributed by atoms with Crippen molar-refractivity contribution in [1.82, 2.24) is 20.2 Å². The fourth-order valence-electron chi connectivity index (χ4n) is 1.30. The molecule has 0 spiro atoms. The highest BCUT2D eigenvalue weighted by molar-refractivity contribution is 7.90. The van der Waals surface area contributed by atoms with Crippen LogP contribution < -0.4 is 10.0 Å². The molecular weight excluding hydrogens is 242 g/mol. The Balaban J connectivity index is 2.32. The molecule has 2 heterocycles. The molecule has 0 radical (unpaired) electrons. The molecule has 92 valence electrons. The second-order valence-electron chi connectivity index (χ2n) is 4.08. The highest BCUT2D eigenvalue weighted by Crippen LogP contribution is 2.24. The Bertz CT molecular complexity index is 552. The lowest BCUT2D eigenvalue weighted by atomic mass is 10.2. The van der Waals surface area contributed by atoms with Crippen molar-refractivity contribution >= 4 is 21.7 Å². The predicted octanol–water partition coefficient (Wildman–Crippen LogP) is 0.00160. The minimum Gasteiger partial charge on any atom is -0.355 e. The Morgan fingerprint density at radius 3 is 2.76 bits per heavy atom. The van der Waals surface area contributed by atoms with Crippen molar-refractivity contribution in [2.45, 2.75) is 18.7 Å². The number of fused-ring (bicyclic) bond motifs is 1. The molecule has 0 bridgehead atoms. The van der Waals surface area contributed by atoms with E-state index in [4.69, 9.17) is 0 Å². The lowest BCUT2D eigenvalue weighted by Gasteiger charge is -2.18. The topological polar surface area (TPSA) is 96.3 Å². The molecule has 1 aliphatic rings. The molecule has 0 fully saturated rings. The van der Waals surface area contributed by atoms with E-state index in [2.05, 4.69) is 25.2 Å². The quantitative estimate of drug-likeness (QED) is 0.775. The van der Waals surface area contributed by atoms with Gasteiger partial charge in [-0.15, -0.1) is 0 Å². The van der Waals surface area contributed by atoms with E-state index >= 15 is 0 Å². The van der Waals surface area contributed by atoms with E-state index in [-0.39, 0.29) is 10.9 Å². The first-order valence-corrected chi connectivity index (χ1v) is 6.63. The van der Waals surface area contributed by atoms with Crippen molar-refractivity contribution in [2.75, 3.05) is 6.54 Å². The Labute approximate surface area is 99.4 Å². The molecule has 8 heteroatoms. The van der Waals surface area contributed by atoms with Gasteiger partial charge in [-0.05, 0) is 5.92 Å². The molecule has 0 atom stereocenters. The average Bonchev–Trinajstić information content (AvgIpc) is 2.25. The monoisotopic (exact) mass is 255 g/mol. The van der Waals surface area contributed by atoms with Crippen molar-refractivity contribution in [3.63, 3.8) is 0 Å².